The molecule has 1 aromatic carbocycles. The highest BCUT2D eigenvalue weighted by molar-refractivity contribution is 6.34. The fourth-order valence-corrected chi connectivity index (χ4v) is 2.88. The van der Waals surface area contributed by atoms with E-state index in [4.69, 9.17) is 11.6 Å². The number of carbonyl (C=O) groups is 3. The second kappa shape index (κ2) is 7.66. The molecule has 1 saturated heterocycles. The fourth-order valence-electron chi connectivity index (χ4n) is 2.72. The van der Waals surface area contributed by atoms with Crippen molar-refractivity contribution in [2.75, 3.05) is 19.0 Å². The molecule has 6 nitrogen and oxygen atoms in total. The van der Waals surface area contributed by atoms with E-state index >= 15 is 0 Å². The van der Waals surface area contributed by atoms with E-state index in [1.165, 1.54) is 25.3 Å². The number of rotatable bonds is 4. The molecule has 1 aliphatic heterocycles. The Kier molecular flexibility index (Phi) is 5.83. The largest absolute Gasteiger partial charge is 0.465 e. The summed E-state index contributed by atoms with van der Waals surface area (Å²) < 4.78 is 4.66. The number of benzene rings is 1. The molecule has 1 aromatic rings. The lowest BCUT2D eigenvalue weighted by atomic mass is 10.1. The average Bonchev–Trinajstić information content (AvgIpc) is 3.04. The van der Waals surface area contributed by atoms with Gasteiger partial charge >= 0.3 is 5.97 Å². The number of nitrogens with one attached hydrogen (secondary N) is 1. The van der Waals surface area contributed by atoms with Crippen molar-refractivity contribution in [3.8, 4) is 0 Å². The smallest absolute Gasteiger partial charge is 0.337 e. The molecule has 1 heterocycles. The van der Waals surface area contributed by atoms with E-state index in [9.17, 15) is 14.4 Å². The molecule has 0 bridgehead atoms. The summed E-state index contributed by atoms with van der Waals surface area (Å²) in [7, 11) is 1.28. The molecule has 24 heavy (non-hydrogen) atoms. The molecule has 0 radical (unpaired) electrons. The summed E-state index contributed by atoms with van der Waals surface area (Å²) in [5.74, 6) is -1.02. The van der Waals surface area contributed by atoms with Crippen LogP contribution in [0.1, 0.15) is 37.0 Å². The van der Waals surface area contributed by atoms with Crippen molar-refractivity contribution >= 4 is 35.1 Å². The summed E-state index contributed by atoms with van der Waals surface area (Å²) >= 11 is 6.10. The zero-order valence-electron chi connectivity index (χ0n) is 14.0. The van der Waals surface area contributed by atoms with E-state index in [-0.39, 0.29) is 17.7 Å². The minimum atomic E-state index is -0.516. The van der Waals surface area contributed by atoms with Gasteiger partial charge in [-0.2, -0.15) is 0 Å². The third kappa shape index (κ3) is 3.87. The second-order valence-electron chi connectivity index (χ2n) is 6.02. The van der Waals surface area contributed by atoms with Crippen LogP contribution in [-0.4, -0.2) is 42.4 Å². The van der Waals surface area contributed by atoms with Crippen molar-refractivity contribution in [1.29, 1.82) is 0 Å². The molecule has 1 atom stereocenters. The lowest BCUT2D eigenvalue weighted by molar-refractivity contribution is -0.139. The number of nitrogens with zero attached hydrogens (tertiary/aromatic N) is 1. The van der Waals surface area contributed by atoms with E-state index < -0.39 is 12.0 Å². The minimum absolute atomic E-state index is 0.0398. The van der Waals surface area contributed by atoms with Crippen LogP contribution in [-0.2, 0) is 14.3 Å². The van der Waals surface area contributed by atoms with Crippen molar-refractivity contribution < 1.29 is 19.1 Å². The topological polar surface area (TPSA) is 75.7 Å². The number of esters is 1. The highest BCUT2D eigenvalue weighted by Crippen LogP contribution is 2.26. The highest BCUT2D eigenvalue weighted by Gasteiger charge is 2.35. The van der Waals surface area contributed by atoms with E-state index in [0.717, 1.165) is 6.42 Å². The zero-order valence-corrected chi connectivity index (χ0v) is 14.7. The zero-order chi connectivity index (χ0) is 17.9. The number of hydrogen-bond donors (Lipinski definition) is 1. The number of hydrogen-bond acceptors (Lipinski definition) is 4. The van der Waals surface area contributed by atoms with Crippen LogP contribution in [0.25, 0.3) is 0 Å². The molecule has 1 fully saturated rings. The van der Waals surface area contributed by atoms with E-state index in [0.29, 0.717) is 29.2 Å². The first-order valence-corrected chi connectivity index (χ1v) is 8.22. The monoisotopic (exact) mass is 352 g/mol. The quantitative estimate of drug-likeness (QED) is 0.845. The Morgan fingerprint density at radius 1 is 1.33 bits per heavy atom. The predicted molar refractivity (Wildman–Crippen MR) is 91.0 cm³/mol. The maximum Gasteiger partial charge on any atom is 0.337 e. The maximum absolute atomic E-state index is 12.6. The van der Waals surface area contributed by atoms with Gasteiger partial charge in [0, 0.05) is 12.5 Å². The number of anilines is 1. The molecule has 2 rings (SSSR count). The molecule has 1 unspecified atom stereocenters. The number of amides is 2. The number of ether oxygens (including phenoxy) is 1. The van der Waals surface area contributed by atoms with Crippen molar-refractivity contribution in [3.05, 3.63) is 28.8 Å². The lowest BCUT2D eigenvalue weighted by Gasteiger charge is -2.25. The Balaban J connectivity index is 2.17. The summed E-state index contributed by atoms with van der Waals surface area (Å²) in [5.41, 5.74) is 0.618. The molecule has 1 N–H and O–H groups in total. The summed E-state index contributed by atoms with van der Waals surface area (Å²) in [6, 6.07) is 4.00. The van der Waals surface area contributed by atoms with Crippen molar-refractivity contribution in [1.82, 2.24) is 4.90 Å². The second-order valence-corrected chi connectivity index (χ2v) is 6.43. The SMILES string of the molecule is COC(=O)c1ccc(Cl)c(NC(=O)C2CCCN2C(=O)C(C)C)c1. The highest BCUT2D eigenvalue weighted by atomic mass is 35.5. The number of carbonyl (C=O) groups excluding carboxylic acids is 3. The van der Waals surface area contributed by atoms with Gasteiger partial charge < -0.3 is 15.0 Å². The number of likely N-dealkylation sites (tertiary alicyclic amines) is 1. The van der Waals surface area contributed by atoms with Gasteiger partial charge in [0.25, 0.3) is 0 Å². The molecule has 0 aliphatic carbocycles. The molecule has 130 valence electrons. The van der Waals surface area contributed by atoms with Crippen LogP contribution < -0.4 is 5.32 Å². The first-order chi connectivity index (χ1) is 11.3. The predicted octanol–water partition coefficient (Wildman–Crippen LogP) is 2.71. The lowest BCUT2D eigenvalue weighted by Crippen LogP contribution is -2.44. The Morgan fingerprint density at radius 3 is 2.67 bits per heavy atom. The molecule has 2 amide bonds. The van der Waals surface area contributed by atoms with Crippen molar-refractivity contribution in [2.24, 2.45) is 5.92 Å². The molecule has 0 spiro atoms. The molecular weight excluding hydrogens is 332 g/mol. The Labute approximate surface area is 146 Å². The van der Waals surface area contributed by atoms with E-state index in [2.05, 4.69) is 10.1 Å². The van der Waals surface area contributed by atoms with Gasteiger partial charge in [0.05, 0.1) is 23.4 Å². The standard InChI is InChI=1S/C17H21ClN2O4/c1-10(2)16(22)20-8-4-5-14(20)15(21)19-13-9-11(17(23)24-3)6-7-12(13)18/h6-7,9-10,14H,4-5,8H2,1-3H3,(H,19,21). The van der Waals surface area contributed by atoms with E-state index in [1.807, 2.05) is 13.8 Å². The summed E-state index contributed by atoms with van der Waals surface area (Å²) in [5, 5.41) is 3.04. The third-order valence-electron chi connectivity index (χ3n) is 3.98. The Bertz CT molecular complexity index is 660. The molecule has 7 heteroatoms. The van der Waals surface area contributed by atoms with Crippen LogP contribution in [0.5, 0.6) is 0 Å². The van der Waals surface area contributed by atoms with Gasteiger partial charge in [-0.3, -0.25) is 9.59 Å². The fraction of sp³-hybridized carbons (Fsp3) is 0.471. The molecular formula is C17H21ClN2O4. The van der Waals surface area contributed by atoms with Crippen LogP contribution in [0.4, 0.5) is 5.69 Å². The van der Waals surface area contributed by atoms with Crippen LogP contribution >= 0.6 is 11.6 Å². The van der Waals surface area contributed by atoms with Gasteiger partial charge in [0.2, 0.25) is 11.8 Å². The van der Waals surface area contributed by atoms with Gasteiger partial charge in [-0.25, -0.2) is 4.79 Å². The third-order valence-corrected chi connectivity index (χ3v) is 4.31. The summed E-state index contributed by atoms with van der Waals surface area (Å²) in [4.78, 5) is 38.0. The Morgan fingerprint density at radius 2 is 2.04 bits per heavy atom. The van der Waals surface area contributed by atoms with Crippen molar-refractivity contribution in [2.45, 2.75) is 32.7 Å². The van der Waals surface area contributed by atoms with Gasteiger partial charge in [0.1, 0.15) is 6.04 Å². The average molecular weight is 353 g/mol. The maximum atomic E-state index is 12.6. The molecule has 0 saturated carbocycles. The molecule has 0 aromatic heterocycles. The summed E-state index contributed by atoms with van der Waals surface area (Å²) in [6.07, 6.45) is 1.39. The first-order valence-electron chi connectivity index (χ1n) is 7.84. The first kappa shape index (κ1) is 18.3. The Hall–Kier alpha value is -2.08. The van der Waals surface area contributed by atoms with Crippen LogP contribution in [0.3, 0.4) is 0 Å². The van der Waals surface area contributed by atoms with Crippen molar-refractivity contribution in [3.63, 3.8) is 0 Å². The van der Waals surface area contributed by atoms with Crippen LogP contribution in [0.2, 0.25) is 5.02 Å². The normalized spacial score (nSPS) is 17.0. The molecule has 1 aliphatic rings. The number of halogens is 1. The van der Waals surface area contributed by atoms with Crippen LogP contribution in [0.15, 0.2) is 18.2 Å². The van der Waals surface area contributed by atoms with Crippen LogP contribution in [0, 0.1) is 5.92 Å². The minimum Gasteiger partial charge on any atom is -0.465 e. The summed E-state index contributed by atoms with van der Waals surface area (Å²) in [6.45, 7) is 4.20. The van der Waals surface area contributed by atoms with Gasteiger partial charge in [-0.1, -0.05) is 25.4 Å². The van der Waals surface area contributed by atoms with Gasteiger partial charge in [0.15, 0.2) is 0 Å². The van der Waals surface area contributed by atoms with Gasteiger partial charge in [-0.15, -0.1) is 0 Å². The van der Waals surface area contributed by atoms with Gasteiger partial charge in [-0.05, 0) is 31.0 Å². The van der Waals surface area contributed by atoms with E-state index in [1.54, 1.807) is 4.90 Å². The number of methoxy groups -OCH3 is 1.